The number of carbonyl (C=O) groups excluding carboxylic acids is 2. The maximum atomic E-state index is 11.6. The van der Waals surface area contributed by atoms with Crippen molar-refractivity contribution in [3.05, 3.63) is 64.3 Å². The van der Waals surface area contributed by atoms with Gasteiger partial charge >= 0.3 is 0 Å². The molecule has 1 saturated heterocycles. The Labute approximate surface area is 173 Å². The summed E-state index contributed by atoms with van der Waals surface area (Å²) in [4.78, 5) is 27.6. The average molecular weight is 414 g/mol. The summed E-state index contributed by atoms with van der Waals surface area (Å²) in [6.07, 6.45) is 4.09. The zero-order chi connectivity index (χ0) is 20.6. The van der Waals surface area contributed by atoms with Gasteiger partial charge in [-0.3, -0.25) is 19.9 Å². The van der Waals surface area contributed by atoms with Gasteiger partial charge in [0, 0.05) is 25.4 Å². The highest BCUT2D eigenvalue weighted by molar-refractivity contribution is 8.18. The van der Waals surface area contributed by atoms with Gasteiger partial charge in [0.25, 0.3) is 11.1 Å². The van der Waals surface area contributed by atoms with E-state index < -0.39 is 0 Å². The number of nitrogens with zero attached hydrogens (tertiary/aromatic N) is 1. The molecule has 2 amide bonds. The Morgan fingerprint density at radius 2 is 1.97 bits per heavy atom. The first-order valence-corrected chi connectivity index (χ1v) is 9.90. The fourth-order valence-electron chi connectivity index (χ4n) is 2.60. The number of rotatable bonds is 9. The Balaban J connectivity index is 1.47. The van der Waals surface area contributed by atoms with Crippen LogP contribution in [0.25, 0.3) is 6.08 Å². The molecule has 0 aliphatic carbocycles. The number of ether oxygens (including phenoxy) is 3. The first-order valence-electron chi connectivity index (χ1n) is 9.08. The smallest absolute Gasteiger partial charge is 0.290 e. The van der Waals surface area contributed by atoms with Gasteiger partial charge in [0.15, 0.2) is 0 Å². The minimum Gasteiger partial charge on any atom is -0.493 e. The van der Waals surface area contributed by atoms with Crippen LogP contribution in [0.4, 0.5) is 4.79 Å². The second-order valence-corrected chi connectivity index (χ2v) is 7.33. The number of benzene rings is 1. The Bertz CT molecular complexity index is 881. The van der Waals surface area contributed by atoms with Crippen LogP contribution in [0.15, 0.2) is 47.5 Å². The van der Waals surface area contributed by atoms with Gasteiger partial charge in [0.05, 0.1) is 17.6 Å². The van der Waals surface area contributed by atoms with Crippen molar-refractivity contribution in [3.63, 3.8) is 0 Å². The average Bonchev–Trinajstić information content (AvgIpc) is 3.04. The van der Waals surface area contributed by atoms with Gasteiger partial charge in [-0.1, -0.05) is 18.2 Å². The Hall–Kier alpha value is -2.68. The fraction of sp³-hybridized carbons (Fsp3) is 0.286. The van der Waals surface area contributed by atoms with Crippen LogP contribution in [0.3, 0.4) is 0 Å². The number of imide groups is 1. The first-order chi connectivity index (χ1) is 14.0. The van der Waals surface area contributed by atoms with Gasteiger partial charge in [-0.15, -0.1) is 0 Å². The van der Waals surface area contributed by atoms with E-state index in [4.69, 9.17) is 14.2 Å². The topological polar surface area (TPSA) is 86.8 Å². The molecule has 3 rings (SSSR count). The van der Waals surface area contributed by atoms with Crippen molar-refractivity contribution >= 4 is 29.0 Å². The van der Waals surface area contributed by atoms with Crippen molar-refractivity contribution in [3.8, 4) is 5.75 Å². The molecule has 0 radical (unpaired) electrons. The largest absolute Gasteiger partial charge is 0.493 e. The van der Waals surface area contributed by atoms with Crippen LogP contribution in [0.2, 0.25) is 0 Å². The number of nitrogens with one attached hydrogen (secondary N) is 1. The molecule has 0 bridgehead atoms. The van der Waals surface area contributed by atoms with Crippen LogP contribution in [-0.4, -0.2) is 36.6 Å². The van der Waals surface area contributed by atoms with Crippen LogP contribution in [0.1, 0.15) is 29.8 Å². The van der Waals surface area contributed by atoms with Gasteiger partial charge < -0.3 is 14.2 Å². The molecule has 1 fully saturated rings. The Kier molecular flexibility index (Phi) is 7.40. The van der Waals surface area contributed by atoms with E-state index in [0.717, 1.165) is 34.3 Å². The highest BCUT2D eigenvalue weighted by Crippen LogP contribution is 2.26. The standard InChI is InChI=1S/C21H22N2O5S/c1-14(28-13-26-2)16-5-6-17(22-12-16)9-10-27-18-7-3-15(4-8-18)11-19-20(24)23-21(25)29-19/h3-8,11-12,14H,9-10,13H2,1-2H3,(H,23,24,25)/b19-11-. The summed E-state index contributed by atoms with van der Waals surface area (Å²) < 4.78 is 16.2. The second-order valence-electron chi connectivity index (χ2n) is 6.32. The Morgan fingerprint density at radius 3 is 2.59 bits per heavy atom. The number of methoxy groups -OCH3 is 1. The van der Waals surface area contributed by atoms with Gasteiger partial charge in [0.2, 0.25) is 0 Å². The lowest BCUT2D eigenvalue weighted by Gasteiger charge is -2.12. The van der Waals surface area contributed by atoms with Crippen molar-refractivity contribution in [1.82, 2.24) is 10.3 Å². The third-order valence-corrected chi connectivity index (χ3v) is 5.01. The zero-order valence-electron chi connectivity index (χ0n) is 16.2. The molecule has 2 heterocycles. The monoisotopic (exact) mass is 414 g/mol. The van der Waals surface area contributed by atoms with Crippen molar-refractivity contribution in [1.29, 1.82) is 0 Å². The van der Waals surface area contributed by atoms with Gasteiger partial charge in [-0.25, -0.2) is 0 Å². The van der Waals surface area contributed by atoms with Gasteiger partial charge in [0.1, 0.15) is 12.5 Å². The summed E-state index contributed by atoms with van der Waals surface area (Å²) in [6, 6.07) is 11.3. The molecule has 1 aliphatic heterocycles. The summed E-state index contributed by atoms with van der Waals surface area (Å²) in [5.41, 5.74) is 2.75. The molecular weight excluding hydrogens is 392 g/mol. The van der Waals surface area contributed by atoms with Crippen molar-refractivity contribution < 1.29 is 23.8 Å². The van der Waals surface area contributed by atoms with E-state index in [-0.39, 0.29) is 24.0 Å². The van der Waals surface area contributed by atoms with Crippen molar-refractivity contribution in [2.75, 3.05) is 20.5 Å². The molecule has 0 saturated carbocycles. The maximum Gasteiger partial charge on any atom is 0.290 e. The highest BCUT2D eigenvalue weighted by atomic mass is 32.2. The lowest BCUT2D eigenvalue weighted by atomic mass is 10.1. The van der Waals surface area contributed by atoms with E-state index in [9.17, 15) is 9.59 Å². The minimum absolute atomic E-state index is 0.0759. The summed E-state index contributed by atoms with van der Waals surface area (Å²) in [5, 5.41) is 1.89. The first kappa shape index (κ1) is 21.0. The van der Waals surface area contributed by atoms with Crippen molar-refractivity contribution in [2.24, 2.45) is 0 Å². The number of hydrogen-bond acceptors (Lipinski definition) is 7. The molecule has 1 unspecified atom stereocenters. The van der Waals surface area contributed by atoms with Gasteiger partial charge in [-0.05, 0) is 54.1 Å². The van der Waals surface area contributed by atoms with Crippen LogP contribution >= 0.6 is 11.8 Å². The minimum atomic E-state index is -0.363. The summed E-state index contributed by atoms with van der Waals surface area (Å²) >= 11 is 0.900. The number of hydrogen-bond donors (Lipinski definition) is 1. The molecule has 1 aromatic carbocycles. The van der Waals surface area contributed by atoms with Gasteiger partial charge in [-0.2, -0.15) is 0 Å². The van der Waals surface area contributed by atoms with Crippen LogP contribution < -0.4 is 10.1 Å². The third-order valence-electron chi connectivity index (χ3n) is 4.20. The van der Waals surface area contributed by atoms with Crippen molar-refractivity contribution in [2.45, 2.75) is 19.4 Å². The lowest BCUT2D eigenvalue weighted by Crippen LogP contribution is -2.17. The van der Waals surface area contributed by atoms with E-state index in [0.29, 0.717) is 17.9 Å². The maximum absolute atomic E-state index is 11.6. The summed E-state index contributed by atoms with van der Waals surface area (Å²) in [5.74, 6) is 0.364. The predicted octanol–water partition coefficient (Wildman–Crippen LogP) is 3.71. The van der Waals surface area contributed by atoms with E-state index in [1.54, 1.807) is 19.4 Å². The molecule has 0 spiro atoms. The number of aromatic nitrogens is 1. The predicted molar refractivity (Wildman–Crippen MR) is 110 cm³/mol. The number of amides is 2. The van der Waals surface area contributed by atoms with E-state index in [2.05, 4.69) is 10.3 Å². The molecule has 1 aliphatic rings. The highest BCUT2D eigenvalue weighted by Gasteiger charge is 2.24. The van der Waals surface area contributed by atoms with Crippen LogP contribution in [0.5, 0.6) is 5.75 Å². The van der Waals surface area contributed by atoms with Crippen LogP contribution in [-0.2, 0) is 20.7 Å². The fourth-order valence-corrected chi connectivity index (χ4v) is 3.28. The van der Waals surface area contributed by atoms with E-state index in [1.165, 1.54) is 0 Å². The zero-order valence-corrected chi connectivity index (χ0v) is 17.0. The Morgan fingerprint density at radius 1 is 1.17 bits per heavy atom. The molecule has 2 aromatic rings. The number of thioether (sulfide) groups is 1. The summed E-state index contributed by atoms with van der Waals surface area (Å²) in [6.45, 7) is 2.69. The second kappa shape index (κ2) is 10.2. The molecule has 1 N–H and O–H groups in total. The SMILES string of the molecule is COCOC(C)c1ccc(CCOc2ccc(/C=C3\SC(=O)NC3=O)cc2)nc1. The number of carbonyl (C=O) groups is 2. The molecule has 152 valence electrons. The molecule has 29 heavy (non-hydrogen) atoms. The quantitative estimate of drug-likeness (QED) is 0.494. The molecule has 8 heteroatoms. The molecule has 7 nitrogen and oxygen atoms in total. The van der Waals surface area contributed by atoms with E-state index >= 15 is 0 Å². The normalized spacial score (nSPS) is 16.1. The molecular formula is C21H22N2O5S. The van der Waals surface area contributed by atoms with E-state index in [1.807, 2.05) is 43.3 Å². The molecule has 1 atom stereocenters. The third kappa shape index (κ3) is 6.15. The summed E-state index contributed by atoms with van der Waals surface area (Å²) in [7, 11) is 1.59. The van der Waals surface area contributed by atoms with Crippen LogP contribution in [0, 0.1) is 0 Å². The number of pyridine rings is 1. The molecule has 1 aromatic heterocycles. The lowest BCUT2D eigenvalue weighted by molar-refractivity contribution is -0.115.